The lowest BCUT2D eigenvalue weighted by atomic mass is 10.2. The topological polar surface area (TPSA) is 92.9 Å². The highest BCUT2D eigenvalue weighted by molar-refractivity contribution is 14.1. The molecule has 0 radical (unpaired) electrons. The minimum absolute atomic E-state index is 0.0605. The fourth-order valence-corrected chi connectivity index (χ4v) is 1.50. The van der Waals surface area contributed by atoms with Gasteiger partial charge in [0.1, 0.15) is 5.75 Å². The summed E-state index contributed by atoms with van der Waals surface area (Å²) in [5.41, 5.74) is 0.329. The number of rotatable bonds is 2. The maximum Gasteiger partial charge on any atom is 0.270 e. The number of aryl methyl sites for hydroxylation is 1. The Hall–Kier alpha value is -1.71. The number of nitrogens with zero attached hydrogens (tertiary/aromatic N) is 4. The maximum absolute atomic E-state index is 11.7. The third-order valence-corrected chi connectivity index (χ3v) is 2.85. The Bertz CT molecular complexity index is 568. The highest BCUT2D eigenvalue weighted by Gasteiger charge is 2.10. The Labute approximate surface area is 110 Å². The second-order valence-electron chi connectivity index (χ2n) is 3.22. The summed E-state index contributed by atoms with van der Waals surface area (Å²) in [4.78, 5) is 13.0. The van der Waals surface area contributed by atoms with E-state index in [0.717, 1.165) is 0 Å². The second-order valence-corrected chi connectivity index (χ2v) is 4.38. The lowest BCUT2D eigenvalue weighted by molar-refractivity contribution is 0.102. The number of amides is 1. The molecule has 0 bridgehead atoms. The average molecular weight is 345 g/mol. The summed E-state index contributed by atoms with van der Waals surface area (Å²) in [5, 5.41) is 23.0. The van der Waals surface area contributed by atoms with Crippen LogP contribution in [-0.2, 0) is 7.05 Å². The smallest absolute Gasteiger partial charge is 0.270 e. The fourth-order valence-electron chi connectivity index (χ4n) is 1.16. The van der Waals surface area contributed by atoms with Crippen molar-refractivity contribution in [1.82, 2.24) is 20.2 Å². The number of halogens is 1. The summed E-state index contributed by atoms with van der Waals surface area (Å²) in [5.74, 6) is -0.217. The molecule has 0 saturated carbocycles. The molecule has 0 saturated heterocycles. The van der Waals surface area contributed by atoms with Crippen molar-refractivity contribution in [2.24, 2.45) is 7.05 Å². The monoisotopic (exact) mass is 345 g/mol. The Kier molecular flexibility index (Phi) is 3.22. The van der Waals surface area contributed by atoms with E-state index in [4.69, 9.17) is 0 Å². The van der Waals surface area contributed by atoms with Crippen molar-refractivity contribution in [3.05, 3.63) is 27.3 Å². The van der Waals surface area contributed by atoms with Crippen molar-refractivity contribution in [2.75, 3.05) is 5.32 Å². The van der Waals surface area contributed by atoms with E-state index in [0.29, 0.717) is 9.13 Å². The van der Waals surface area contributed by atoms with Crippen molar-refractivity contribution in [3.63, 3.8) is 0 Å². The molecular formula is C9H8IN5O2. The molecule has 1 aromatic carbocycles. The van der Waals surface area contributed by atoms with Gasteiger partial charge in [-0.15, -0.1) is 5.10 Å². The molecule has 88 valence electrons. The van der Waals surface area contributed by atoms with Crippen molar-refractivity contribution >= 4 is 34.4 Å². The molecule has 1 amide bonds. The van der Waals surface area contributed by atoms with E-state index < -0.39 is 5.91 Å². The molecule has 2 aromatic rings. The Morgan fingerprint density at radius 1 is 1.53 bits per heavy atom. The zero-order chi connectivity index (χ0) is 12.4. The first-order valence-corrected chi connectivity index (χ1v) is 5.68. The van der Waals surface area contributed by atoms with Crippen LogP contribution in [0.2, 0.25) is 0 Å². The van der Waals surface area contributed by atoms with Gasteiger partial charge >= 0.3 is 0 Å². The molecule has 2 N–H and O–H groups in total. The van der Waals surface area contributed by atoms with Crippen LogP contribution in [0.1, 0.15) is 10.4 Å². The molecule has 0 fully saturated rings. The van der Waals surface area contributed by atoms with E-state index in [1.165, 1.54) is 10.9 Å². The van der Waals surface area contributed by atoms with E-state index in [1.54, 1.807) is 19.2 Å². The number of aromatic nitrogens is 4. The summed E-state index contributed by atoms with van der Waals surface area (Å²) < 4.78 is 0.678. The molecule has 7 nitrogen and oxygen atoms in total. The van der Waals surface area contributed by atoms with Crippen LogP contribution >= 0.6 is 22.6 Å². The normalized spacial score (nSPS) is 10.2. The second kappa shape index (κ2) is 4.65. The van der Waals surface area contributed by atoms with Crippen LogP contribution in [0.4, 0.5) is 5.95 Å². The molecule has 0 unspecified atom stereocenters. The van der Waals surface area contributed by atoms with Crippen LogP contribution in [0.15, 0.2) is 18.2 Å². The van der Waals surface area contributed by atoms with Crippen LogP contribution in [0.25, 0.3) is 0 Å². The Morgan fingerprint density at radius 3 is 2.88 bits per heavy atom. The molecule has 0 aliphatic rings. The van der Waals surface area contributed by atoms with Gasteiger partial charge < -0.3 is 5.11 Å². The third kappa shape index (κ3) is 2.70. The lowest BCUT2D eigenvalue weighted by Crippen LogP contribution is -2.13. The quantitative estimate of drug-likeness (QED) is 0.785. The predicted octanol–water partition coefficient (Wildman–Crippen LogP) is 0.773. The van der Waals surface area contributed by atoms with Crippen LogP contribution in [-0.4, -0.2) is 31.2 Å². The van der Waals surface area contributed by atoms with Gasteiger partial charge in [-0.2, -0.15) is 4.80 Å². The molecule has 8 heteroatoms. The maximum atomic E-state index is 11.7. The first-order chi connectivity index (χ1) is 8.06. The zero-order valence-corrected chi connectivity index (χ0v) is 10.9. The van der Waals surface area contributed by atoms with E-state index in [1.807, 2.05) is 22.6 Å². The number of phenols is 1. The highest BCUT2D eigenvalue weighted by Crippen LogP contribution is 2.20. The summed E-state index contributed by atoms with van der Waals surface area (Å²) in [7, 11) is 1.60. The number of benzene rings is 1. The zero-order valence-electron chi connectivity index (χ0n) is 8.75. The molecule has 2 rings (SSSR count). The van der Waals surface area contributed by atoms with E-state index in [-0.39, 0.29) is 11.7 Å². The number of hydrogen-bond donors (Lipinski definition) is 2. The fraction of sp³-hybridized carbons (Fsp3) is 0.111. The third-order valence-electron chi connectivity index (χ3n) is 1.94. The minimum atomic E-state index is -0.398. The number of carbonyl (C=O) groups is 1. The molecule has 0 spiro atoms. The van der Waals surface area contributed by atoms with Gasteiger partial charge in [0.25, 0.3) is 11.9 Å². The molecule has 0 aliphatic heterocycles. The number of aromatic hydroxyl groups is 1. The number of nitrogens with one attached hydrogen (secondary N) is 1. The van der Waals surface area contributed by atoms with Gasteiger partial charge in [0.05, 0.1) is 10.6 Å². The molecule has 0 aliphatic carbocycles. The minimum Gasteiger partial charge on any atom is -0.507 e. The molecule has 17 heavy (non-hydrogen) atoms. The summed E-state index contributed by atoms with van der Waals surface area (Å²) in [6, 6.07) is 4.63. The van der Waals surface area contributed by atoms with Crippen LogP contribution in [0, 0.1) is 3.57 Å². The summed E-state index contributed by atoms with van der Waals surface area (Å²) >= 11 is 1.97. The Balaban J connectivity index is 2.17. The number of carbonyl (C=O) groups excluding carboxylic acids is 1. The number of hydrogen-bond acceptors (Lipinski definition) is 5. The summed E-state index contributed by atoms with van der Waals surface area (Å²) in [6.45, 7) is 0. The first-order valence-electron chi connectivity index (χ1n) is 4.60. The standard InChI is InChI=1S/C9H8IN5O2/c1-15-13-9(12-14-15)11-8(17)5-2-3-6(10)7(16)4-5/h2-4,16H,1H3,(H,11,13,17). The van der Waals surface area contributed by atoms with Gasteiger partial charge in [0.15, 0.2) is 0 Å². The van der Waals surface area contributed by atoms with Crippen LogP contribution in [0.5, 0.6) is 5.75 Å². The molecule has 0 atom stereocenters. The van der Waals surface area contributed by atoms with Crippen LogP contribution in [0.3, 0.4) is 0 Å². The number of anilines is 1. The number of tetrazole rings is 1. The van der Waals surface area contributed by atoms with Crippen molar-refractivity contribution < 1.29 is 9.90 Å². The van der Waals surface area contributed by atoms with Gasteiger partial charge in [0.2, 0.25) is 0 Å². The number of phenolic OH excluding ortho intramolecular Hbond substituents is 1. The SMILES string of the molecule is Cn1nnc(NC(=O)c2ccc(I)c(O)c2)n1. The van der Waals surface area contributed by atoms with Gasteiger partial charge in [-0.25, -0.2) is 0 Å². The van der Waals surface area contributed by atoms with E-state index in [9.17, 15) is 9.90 Å². The van der Waals surface area contributed by atoms with Crippen molar-refractivity contribution in [2.45, 2.75) is 0 Å². The predicted molar refractivity (Wildman–Crippen MR) is 67.6 cm³/mol. The molecule has 1 aromatic heterocycles. The average Bonchev–Trinajstić information content (AvgIpc) is 2.68. The van der Waals surface area contributed by atoms with E-state index >= 15 is 0 Å². The van der Waals surface area contributed by atoms with E-state index in [2.05, 4.69) is 20.7 Å². The van der Waals surface area contributed by atoms with Crippen molar-refractivity contribution in [3.8, 4) is 5.75 Å². The largest absolute Gasteiger partial charge is 0.507 e. The molecule has 1 heterocycles. The highest BCUT2D eigenvalue weighted by atomic mass is 127. The van der Waals surface area contributed by atoms with Gasteiger partial charge in [-0.05, 0) is 46.0 Å². The van der Waals surface area contributed by atoms with Crippen LogP contribution < -0.4 is 5.32 Å². The van der Waals surface area contributed by atoms with Crippen molar-refractivity contribution in [1.29, 1.82) is 0 Å². The lowest BCUT2D eigenvalue weighted by Gasteiger charge is -2.02. The molecular weight excluding hydrogens is 337 g/mol. The van der Waals surface area contributed by atoms with Gasteiger partial charge in [-0.3, -0.25) is 10.1 Å². The Morgan fingerprint density at radius 2 is 2.29 bits per heavy atom. The summed E-state index contributed by atoms with van der Waals surface area (Å²) in [6.07, 6.45) is 0. The first kappa shape index (κ1) is 11.8. The van der Waals surface area contributed by atoms with Gasteiger partial charge in [0, 0.05) is 5.56 Å². The van der Waals surface area contributed by atoms with Gasteiger partial charge in [-0.1, -0.05) is 5.10 Å².